The van der Waals surface area contributed by atoms with Crippen molar-refractivity contribution < 1.29 is 28.2 Å². The van der Waals surface area contributed by atoms with Crippen LogP contribution in [0.15, 0.2) is 91.3 Å². The Balaban J connectivity index is 1.41. The van der Waals surface area contributed by atoms with Gasteiger partial charge in [0.2, 0.25) is 5.28 Å². The monoisotopic (exact) mass is 727 g/mol. The topological polar surface area (TPSA) is 133 Å². The number of carbonyl (C=O) groups is 1. The molecule has 2 N–H and O–H groups in total. The van der Waals surface area contributed by atoms with Crippen molar-refractivity contribution in [2.75, 3.05) is 12.8 Å². The highest BCUT2D eigenvalue weighted by molar-refractivity contribution is 6.74. The second-order valence-corrected chi connectivity index (χ2v) is 19.7. The lowest BCUT2D eigenvalue weighted by Gasteiger charge is -2.43. The molecule has 1 aliphatic heterocycles. The first-order chi connectivity index (χ1) is 24.2. The average Bonchev–Trinajstić information content (AvgIpc) is 3.32. The van der Waals surface area contributed by atoms with Gasteiger partial charge in [-0.25, -0.2) is 4.98 Å². The maximum atomic E-state index is 13.2. The van der Waals surface area contributed by atoms with Gasteiger partial charge < -0.3 is 29.1 Å². The van der Waals surface area contributed by atoms with Gasteiger partial charge >= 0.3 is 5.97 Å². The van der Waals surface area contributed by atoms with Crippen LogP contribution in [0, 0.1) is 0 Å². The molecule has 7 rings (SSSR count). The third kappa shape index (κ3) is 5.79. The molecular formula is C38H42ClN5O6Si. The highest BCUT2D eigenvalue weighted by Gasteiger charge is 2.83. The van der Waals surface area contributed by atoms with Crippen molar-refractivity contribution in [2.45, 2.75) is 81.6 Å². The molecule has 2 aliphatic rings. The van der Waals surface area contributed by atoms with Gasteiger partial charge in [-0.05, 0) is 58.6 Å². The standard InChI is InChI=1S/C38H42ClN5O6Si/c1-23(45)48-38-29(47-34(31(38)50-51(6,7)36(2,3)4)44-22-41-28-32(40)42-35(39)43-33(28)44)30(38)49-37(24-14-10-8-11-15-24,25-16-12-9-13-17-25)26-18-20-27(46-5)21-19-26/h8-22,29-31,34H,1-7H3,(H2,40,42,43)/t29-,30?,31?,34-,38-/m1/s1. The van der Waals surface area contributed by atoms with Crippen LogP contribution < -0.4 is 10.5 Å². The molecule has 0 bridgehead atoms. The second kappa shape index (κ2) is 12.7. The normalized spacial score (nSPS) is 23.2. The number of fused-ring (bicyclic) bond motifs is 2. The summed E-state index contributed by atoms with van der Waals surface area (Å²) in [6, 6.07) is 27.8. The summed E-state index contributed by atoms with van der Waals surface area (Å²) in [5.74, 6) is 0.359. The van der Waals surface area contributed by atoms with E-state index in [4.69, 9.17) is 40.7 Å². The molecule has 0 amide bonds. The summed E-state index contributed by atoms with van der Waals surface area (Å²) in [4.78, 5) is 26.2. The average molecular weight is 728 g/mol. The van der Waals surface area contributed by atoms with Crippen LogP contribution in [0.4, 0.5) is 5.82 Å². The first kappa shape index (κ1) is 35.1. The highest BCUT2D eigenvalue weighted by atomic mass is 35.5. The number of carbonyl (C=O) groups excluding carboxylic acids is 1. The number of benzene rings is 3. The Kier molecular flexibility index (Phi) is 8.74. The van der Waals surface area contributed by atoms with Crippen molar-refractivity contribution in [3.05, 3.63) is 113 Å². The minimum atomic E-state index is -2.58. The maximum Gasteiger partial charge on any atom is 0.303 e. The minimum absolute atomic E-state index is 0.0299. The van der Waals surface area contributed by atoms with E-state index in [0.717, 1.165) is 16.7 Å². The maximum absolute atomic E-state index is 13.2. The Morgan fingerprint density at radius 1 is 0.922 bits per heavy atom. The van der Waals surface area contributed by atoms with Crippen molar-refractivity contribution in [1.29, 1.82) is 0 Å². The quantitative estimate of drug-likeness (QED) is 0.0691. The van der Waals surface area contributed by atoms with Crippen LogP contribution in [0.2, 0.25) is 23.4 Å². The van der Waals surface area contributed by atoms with E-state index in [1.807, 2.05) is 84.9 Å². The molecule has 0 radical (unpaired) electrons. The fourth-order valence-corrected chi connectivity index (χ4v) is 8.32. The summed E-state index contributed by atoms with van der Waals surface area (Å²) in [5, 5.41) is -0.232. The van der Waals surface area contributed by atoms with Crippen LogP contribution in [0.25, 0.3) is 11.2 Å². The number of ether oxygens (including phenoxy) is 4. The van der Waals surface area contributed by atoms with Gasteiger partial charge in [0, 0.05) is 6.92 Å². The number of methoxy groups -OCH3 is 1. The molecule has 1 saturated carbocycles. The molecule has 5 aromatic rings. The van der Waals surface area contributed by atoms with Gasteiger partial charge in [0.15, 0.2) is 31.6 Å². The number of anilines is 1. The van der Waals surface area contributed by atoms with E-state index in [-0.39, 0.29) is 16.1 Å². The zero-order valence-corrected chi connectivity index (χ0v) is 31.4. The first-order valence-electron chi connectivity index (χ1n) is 16.8. The van der Waals surface area contributed by atoms with Gasteiger partial charge in [-0.2, -0.15) is 9.97 Å². The van der Waals surface area contributed by atoms with E-state index < -0.39 is 50.0 Å². The van der Waals surface area contributed by atoms with Gasteiger partial charge in [-0.3, -0.25) is 9.36 Å². The zero-order valence-electron chi connectivity index (χ0n) is 29.7. The number of halogens is 1. The molecule has 0 spiro atoms. The molecule has 1 aliphatic carbocycles. The Bertz CT molecular complexity index is 2020. The van der Waals surface area contributed by atoms with Gasteiger partial charge in [-0.15, -0.1) is 0 Å². The molecule has 2 fully saturated rings. The van der Waals surface area contributed by atoms with E-state index in [9.17, 15) is 4.79 Å². The predicted octanol–water partition coefficient (Wildman–Crippen LogP) is 7.05. The predicted molar refractivity (Wildman–Crippen MR) is 196 cm³/mol. The van der Waals surface area contributed by atoms with Crippen molar-refractivity contribution in [3.63, 3.8) is 0 Å². The summed E-state index contributed by atoms with van der Waals surface area (Å²) in [7, 11) is -0.941. The van der Waals surface area contributed by atoms with Gasteiger partial charge in [0.1, 0.15) is 35.2 Å². The van der Waals surface area contributed by atoms with Gasteiger partial charge in [-0.1, -0.05) is 93.6 Å². The van der Waals surface area contributed by atoms with E-state index >= 15 is 0 Å². The number of hydrogen-bond donors (Lipinski definition) is 1. The molecule has 51 heavy (non-hydrogen) atoms. The SMILES string of the molecule is COc1ccc(C(OC2[C@H]3O[C@@H](n4cnc5c(N)nc(Cl)nc54)C(O[Si](C)(C)C(C)(C)C)[C@]23OC(C)=O)(c2ccccc2)c2ccccc2)cc1. The fraction of sp³-hybridized carbons (Fsp3) is 0.368. The number of aromatic nitrogens is 4. The summed E-state index contributed by atoms with van der Waals surface area (Å²) in [6.07, 6.45) is -1.55. The molecule has 3 heterocycles. The highest BCUT2D eigenvalue weighted by Crippen LogP contribution is 2.63. The van der Waals surface area contributed by atoms with Crippen molar-refractivity contribution in [2.24, 2.45) is 0 Å². The number of nitrogens with zero attached hydrogens (tertiary/aromatic N) is 4. The molecule has 5 atom stereocenters. The van der Waals surface area contributed by atoms with Crippen LogP contribution in [-0.2, 0) is 29.0 Å². The summed E-state index contributed by atoms with van der Waals surface area (Å²) >= 11 is 6.28. The lowest BCUT2D eigenvalue weighted by molar-refractivity contribution is -0.168. The van der Waals surface area contributed by atoms with Crippen LogP contribution in [0.5, 0.6) is 5.75 Å². The summed E-state index contributed by atoms with van der Waals surface area (Å²) in [6.45, 7) is 12.1. The first-order valence-corrected chi connectivity index (χ1v) is 20.1. The van der Waals surface area contributed by atoms with Crippen LogP contribution in [0.3, 0.4) is 0 Å². The number of imidazole rings is 1. The second-order valence-electron chi connectivity index (χ2n) is 14.6. The van der Waals surface area contributed by atoms with Gasteiger partial charge in [0.05, 0.1) is 13.4 Å². The summed E-state index contributed by atoms with van der Waals surface area (Å²) in [5.41, 5.74) is 7.05. The third-order valence-electron chi connectivity index (χ3n) is 10.4. The number of hydrogen-bond acceptors (Lipinski definition) is 10. The number of esters is 1. The Morgan fingerprint density at radius 2 is 1.51 bits per heavy atom. The lowest BCUT2D eigenvalue weighted by atomic mass is 9.80. The molecule has 13 heteroatoms. The Labute approximate surface area is 303 Å². The molecule has 266 valence electrons. The largest absolute Gasteiger partial charge is 0.497 e. The summed E-state index contributed by atoms with van der Waals surface area (Å²) < 4.78 is 35.3. The fourth-order valence-electron chi connectivity index (χ4n) is 6.86. The van der Waals surface area contributed by atoms with Crippen LogP contribution in [0.1, 0.15) is 50.6 Å². The third-order valence-corrected chi connectivity index (χ3v) is 15.1. The number of nitrogen functional groups attached to an aromatic ring is 1. The van der Waals surface area contributed by atoms with Gasteiger partial charge in [0.25, 0.3) is 0 Å². The lowest BCUT2D eigenvalue weighted by Crippen LogP contribution is -2.52. The molecule has 2 aromatic heterocycles. The molecule has 3 aromatic carbocycles. The van der Waals surface area contributed by atoms with Crippen molar-refractivity contribution >= 4 is 42.9 Å². The van der Waals surface area contributed by atoms with Crippen molar-refractivity contribution in [3.8, 4) is 5.75 Å². The number of nitrogens with two attached hydrogens (primary N) is 1. The van der Waals surface area contributed by atoms with E-state index in [2.05, 4.69) is 48.8 Å². The zero-order chi connectivity index (χ0) is 36.3. The van der Waals surface area contributed by atoms with Crippen LogP contribution in [-0.4, -0.2) is 64.8 Å². The molecular weight excluding hydrogens is 686 g/mol. The van der Waals surface area contributed by atoms with E-state index in [1.54, 1.807) is 18.0 Å². The molecule has 2 unspecified atom stereocenters. The minimum Gasteiger partial charge on any atom is -0.497 e. The number of rotatable bonds is 10. The van der Waals surface area contributed by atoms with Crippen LogP contribution >= 0.6 is 11.6 Å². The van der Waals surface area contributed by atoms with E-state index in [0.29, 0.717) is 16.9 Å². The van der Waals surface area contributed by atoms with E-state index in [1.165, 1.54) is 6.92 Å². The Hall–Kier alpha value is -4.33. The molecule has 1 saturated heterocycles. The Morgan fingerprint density at radius 3 is 2.06 bits per heavy atom. The molecule has 11 nitrogen and oxygen atoms in total. The smallest absolute Gasteiger partial charge is 0.303 e. The van der Waals surface area contributed by atoms with Crippen molar-refractivity contribution in [1.82, 2.24) is 19.5 Å².